The number of aryl methyl sites for hydroxylation is 2. The number of anilines is 1. The number of rotatable bonds is 3. The molecule has 1 aliphatic heterocycles. The molecule has 2 amide bonds. The van der Waals surface area contributed by atoms with Crippen molar-refractivity contribution in [2.24, 2.45) is 0 Å². The molecule has 0 saturated carbocycles. The zero-order valence-corrected chi connectivity index (χ0v) is 15.5. The van der Waals surface area contributed by atoms with Gasteiger partial charge in [0.1, 0.15) is 6.04 Å². The van der Waals surface area contributed by atoms with Crippen molar-refractivity contribution in [3.63, 3.8) is 0 Å². The lowest BCUT2D eigenvalue weighted by Gasteiger charge is -2.39. The van der Waals surface area contributed by atoms with Gasteiger partial charge in [-0.1, -0.05) is 6.07 Å². The number of carbonyl (C=O) groups excluding carboxylic acids is 2. The largest absolute Gasteiger partial charge is 0.325 e. The highest BCUT2D eigenvalue weighted by Gasteiger charge is 2.35. The molecule has 1 fully saturated rings. The first-order valence-corrected chi connectivity index (χ1v) is 8.73. The molecule has 0 spiro atoms. The number of hydrogen-bond donors (Lipinski definition) is 0. The van der Waals surface area contributed by atoms with Crippen molar-refractivity contribution in [1.82, 2.24) is 4.90 Å². The fourth-order valence-electron chi connectivity index (χ4n) is 3.19. The molecule has 7 heteroatoms. The summed E-state index contributed by atoms with van der Waals surface area (Å²) in [5.41, 5.74) is 3.36. The van der Waals surface area contributed by atoms with E-state index in [9.17, 15) is 19.7 Å². The lowest BCUT2D eigenvalue weighted by Crippen LogP contribution is -2.57. The number of non-ortho nitro benzene ring substituents is 1. The second-order valence-electron chi connectivity index (χ2n) is 6.74. The highest BCUT2D eigenvalue weighted by atomic mass is 16.6. The SMILES string of the molecule is Cc1ccc(N2CCN(C(=O)c3ccc([N+](=O)[O-])cc3)[C@@H](C)C2=O)cc1C. The highest BCUT2D eigenvalue weighted by Crippen LogP contribution is 2.24. The van der Waals surface area contributed by atoms with Crippen LogP contribution in [0.25, 0.3) is 0 Å². The third-order valence-electron chi connectivity index (χ3n) is 5.04. The molecule has 0 aliphatic carbocycles. The molecule has 0 aromatic heterocycles. The van der Waals surface area contributed by atoms with Crippen molar-refractivity contribution in [1.29, 1.82) is 0 Å². The van der Waals surface area contributed by atoms with Crippen molar-refractivity contribution in [3.05, 3.63) is 69.3 Å². The molecule has 1 saturated heterocycles. The van der Waals surface area contributed by atoms with Crippen LogP contribution in [-0.2, 0) is 4.79 Å². The van der Waals surface area contributed by atoms with Gasteiger partial charge in [-0.3, -0.25) is 19.7 Å². The van der Waals surface area contributed by atoms with Crippen molar-refractivity contribution in [2.45, 2.75) is 26.8 Å². The van der Waals surface area contributed by atoms with E-state index in [0.717, 1.165) is 16.8 Å². The Kier molecular flexibility index (Phi) is 4.94. The summed E-state index contributed by atoms with van der Waals surface area (Å²) < 4.78 is 0. The first-order chi connectivity index (χ1) is 12.8. The maximum absolute atomic E-state index is 12.9. The van der Waals surface area contributed by atoms with E-state index in [1.165, 1.54) is 29.2 Å². The van der Waals surface area contributed by atoms with Gasteiger partial charge >= 0.3 is 0 Å². The summed E-state index contributed by atoms with van der Waals surface area (Å²) in [4.78, 5) is 39.1. The zero-order chi connectivity index (χ0) is 19.7. The maximum Gasteiger partial charge on any atom is 0.269 e. The number of carbonyl (C=O) groups is 2. The monoisotopic (exact) mass is 367 g/mol. The minimum absolute atomic E-state index is 0.0739. The van der Waals surface area contributed by atoms with Gasteiger partial charge < -0.3 is 9.80 Å². The van der Waals surface area contributed by atoms with Crippen LogP contribution in [0.5, 0.6) is 0 Å². The summed E-state index contributed by atoms with van der Waals surface area (Å²) >= 11 is 0. The summed E-state index contributed by atoms with van der Waals surface area (Å²) in [6, 6.07) is 10.7. The van der Waals surface area contributed by atoms with Crippen LogP contribution in [0.2, 0.25) is 0 Å². The van der Waals surface area contributed by atoms with Crippen LogP contribution in [0.1, 0.15) is 28.4 Å². The van der Waals surface area contributed by atoms with Gasteiger partial charge in [0.2, 0.25) is 5.91 Å². The van der Waals surface area contributed by atoms with Crippen molar-refractivity contribution < 1.29 is 14.5 Å². The van der Waals surface area contributed by atoms with Gasteiger partial charge in [0, 0.05) is 36.5 Å². The number of nitrogens with zero attached hydrogens (tertiary/aromatic N) is 3. The second kappa shape index (κ2) is 7.19. The lowest BCUT2D eigenvalue weighted by molar-refractivity contribution is -0.384. The van der Waals surface area contributed by atoms with Crippen LogP contribution in [-0.4, -0.2) is 40.8 Å². The van der Waals surface area contributed by atoms with Gasteiger partial charge in [0.15, 0.2) is 0 Å². The van der Waals surface area contributed by atoms with E-state index in [0.29, 0.717) is 18.7 Å². The summed E-state index contributed by atoms with van der Waals surface area (Å²) in [5.74, 6) is -0.440. The molecule has 27 heavy (non-hydrogen) atoms. The fourth-order valence-corrected chi connectivity index (χ4v) is 3.19. The third-order valence-corrected chi connectivity index (χ3v) is 5.04. The van der Waals surface area contributed by atoms with Crippen LogP contribution in [0, 0.1) is 24.0 Å². The standard InChI is InChI=1S/C20H21N3O4/c1-13-4-7-18(12-14(13)2)22-11-10-21(15(3)19(22)24)20(25)16-5-8-17(9-6-16)23(26)27/h4-9,12,15H,10-11H2,1-3H3/t15-/m0/s1. The summed E-state index contributed by atoms with van der Waals surface area (Å²) in [7, 11) is 0. The molecule has 1 atom stereocenters. The quantitative estimate of drug-likeness (QED) is 0.616. The minimum Gasteiger partial charge on any atom is -0.325 e. The minimum atomic E-state index is -0.608. The number of benzene rings is 2. The smallest absolute Gasteiger partial charge is 0.269 e. The number of amides is 2. The summed E-state index contributed by atoms with van der Waals surface area (Å²) in [6.07, 6.45) is 0. The molecule has 2 aromatic carbocycles. The number of nitro groups is 1. The first kappa shape index (κ1) is 18.6. The van der Waals surface area contributed by atoms with E-state index in [-0.39, 0.29) is 17.5 Å². The summed E-state index contributed by atoms with van der Waals surface area (Å²) in [6.45, 7) is 6.53. The van der Waals surface area contributed by atoms with E-state index in [2.05, 4.69) is 0 Å². The Morgan fingerprint density at radius 1 is 1.07 bits per heavy atom. The van der Waals surface area contributed by atoms with Gasteiger partial charge in [-0.15, -0.1) is 0 Å². The fraction of sp³-hybridized carbons (Fsp3) is 0.300. The Balaban J connectivity index is 1.78. The van der Waals surface area contributed by atoms with Crippen LogP contribution in [0.3, 0.4) is 0 Å². The lowest BCUT2D eigenvalue weighted by atomic mass is 10.1. The molecule has 0 unspecified atom stereocenters. The Hall–Kier alpha value is -3.22. The normalized spacial score (nSPS) is 17.1. The summed E-state index contributed by atoms with van der Waals surface area (Å²) in [5, 5.41) is 10.8. The third kappa shape index (κ3) is 3.53. The molecular formula is C20H21N3O4. The molecule has 0 radical (unpaired) electrons. The van der Waals surface area contributed by atoms with Crippen LogP contribution >= 0.6 is 0 Å². The van der Waals surface area contributed by atoms with E-state index in [4.69, 9.17) is 0 Å². The maximum atomic E-state index is 12.9. The van der Waals surface area contributed by atoms with Gasteiger partial charge in [-0.2, -0.15) is 0 Å². The molecule has 140 valence electrons. The molecule has 0 bridgehead atoms. The topological polar surface area (TPSA) is 83.8 Å². The average Bonchev–Trinajstić information content (AvgIpc) is 2.66. The van der Waals surface area contributed by atoms with Crippen LogP contribution < -0.4 is 4.90 Å². The highest BCUT2D eigenvalue weighted by molar-refractivity contribution is 6.03. The Bertz CT molecular complexity index is 908. The predicted molar refractivity (Wildman–Crippen MR) is 102 cm³/mol. The number of nitro benzene ring substituents is 1. The van der Waals surface area contributed by atoms with Gasteiger partial charge in [0.25, 0.3) is 11.6 Å². The van der Waals surface area contributed by atoms with Gasteiger partial charge in [-0.05, 0) is 56.2 Å². The molecular weight excluding hydrogens is 346 g/mol. The second-order valence-corrected chi connectivity index (χ2v) is 6.74. The van der Waals surface area contributed by atoms with E-state index in [1.54, 1.807) is 11.8 Å². The van der Waals surface area contributed by atoms with E-state index in [1.807, 2.05) is 32.0 Å². The zero-order valence-electron chi connectivity index (χ0n) is 15.5. The molecule has 1 aliphatic rings. The molecule has 7 nitrogen and oxygen atoms in total. The Labute approximate surface area is 157 Å². The average molecular weight is 367 g/mol. The molecule has 1 heterocycles. The molecule has 3 rings (SSSR count). The Morgan fingerprint density at radius 3 is 2.33 bits per heavy atom. The number of piperazine rings is 1. The van der Waals surface area contributed by atoms with Crippen molar-refractivity contribution >= 4 is 23.2 Å². The van der Waals surface area contributed by atoms with Crippen LogP contribution in [0.4, 0.5) is 11.4 Å². The van der Waals surface area contributed by atoms with E-state index >= 15 is 0 Å². The number of hydrogen-bond acceptors (Lipinski definition) is 4. The van der Waals surface area contributed by atoms with Crippen LogP contribution in [0.15, 0.2) is 42.5 Å². The predicted octanol–water partition coefficient (Wildman–Crippen LogP) is 3.09. The Morgan fingerprint density at radius 2 is 1.74 bits per heavy atom. The van der Waals surface area contributed by atoms with Crippen molar-refractivity contribution in [3.8, 4) is 0 Å². The van der Waals surface area contributed by atoms with Gasteiger partial charge in [-0.25, -0.2) is 0 Å². The van der Waals surface area contributed by atoms with Crippen molar-refractivity contribution in [2.75, 3.05) is 18.0 Å². The molecule has 0 N–H and O–H groups in total. The van der Waals surface area contributed by atoms with E-state index < -0.39 is 11.0 Å². The molecule has 2 aromatic rings. The van der Waals surface area contributed by atoms with Gasteiger partial charge in [0.05, 0.1) is 4.92 Å². The first-order valence-electron chi connectivity index (χ1n) is 8.73.